The first-order chi connectivity index (χ1) is 9.46. The molecule has 0 atom stereocenters. The first-order valence-electron chi connectivity index (χ1n) is 6.85. The standard InChI is InChI=1S/C14H25N3O2S/c1-4-17(3)10-9-16-20(18,19)12-14-7-5-13(6-8-14)11-15-2/h5-8,15-16H,4,9-12H2,1-3H3. The largest absolute Gasteiger partial charge is 0.316 e. The highest BCUT2D eigenvalue weighted by Gasteiger charge is 2.11. The number of rotatable bonds is 9. The molecule has 5 nitrogen and oxygen atoms in total. The van der Waals surface area contributed by atoms with Gasteiger partial charge in [0.05, 0.1) is 5.75 Å². The van der Waals surface area contributed by atoms with E-state index in [0.29, 0.717) is 6.54 Å². The third-order valence-electron chi connectivity index (χ3n) is 3.12. The number of nitrogens with zero attached hydrogens (tertiary/aromatic N) is 1. The Morgan fingerprint density at radius 2 is 1.75 bits per heavy atom. The van der Waals surface area contributed by atoms with Crippen LogP contribution in [0.15, 0.2) is 24.3 Å². The highest BCUT2D eigenvalue weighted by Crippen LogP contribution is 2.07. The molecule has 20 heavy (non-hydrogen) atoms. The van der Waals surface area contributed by atoms with Crippen molar-refractivity contribution in [2.24, 2.45) is 0 Å². The molecule has 1 aromatic carbocycles. The number of likely N-dealkylation sites (N-methyl/N-ethyl adjacent to an activating group) is 1. The Kier molecular flexibility index (Phi) is 7.15. The van der Waals surface area contributed by atoms with Crippen LogP contribution in [-0.4, -0.2) is 47.0 Å². The smallest absolute Gasteiger partial charge is 0.215 e. The van der Waals surface area contributed by atoms with Gasteiger partial charge in [0.25, 0.3) is 0 Å². The summed E-state index contributed by atoms with van der Waals surface area (Å²) in [7, 11) is 0.596. The summed E-state index contributed by atoms with van der Waals surface area (Å²) in [5, 5.41) is 3.06. The summed E-state index contributed by atoms with van der Waals surface area (Å²) >= 11 is 0. The second-order valence-electron chi connectivity index (χ2n) is 4.90. The van der Waals surface area contributed by atoms with Crippen molar-refractivity contribution in [3.8, 4) is 0 Å². The lowest BCUT2D eigenvalue weighted by molar-refractivity contribution is 0.358. The van der Waals surface area contributed by atoms with Gasteiger partial charge in [-0.2, -0.15) is 0 Å². The quantitative estimate of drug-likeness (QED) is 0.707. The zero-order valence-electron chi connectivity index (χ0n) is 12.5. The van der Waals surface area contributed by atoms with E-state index in [2.05, 4.69) is 14.9 Å². The van der Waals surface area contributed by atoms with E-state index in [4.69, 9.17) is 0 Å². The van der Waals surface area contributed by atoms with Crippen molar-refractivity contribution in [1.29, 1.82) is 0 Å². The maximum absolute atomic E-state index is 11.9. The highest BCUT2D eigenvalue weighted by molar-refractivity contribution is 7.88. The molecule has 0 aliphatic heterocycles. The Labute approximate surface area is 122 Å². The third-order valence-corrected chi connectivity index (χ3v) is 4.47. The van der Waals surface area contributed by atoms with E-state index in [1.807, 2.05) is 45.3 Å². The van der Waals surface area contributed by atoms with Crippen LogP contribution in [-0.2, 0) is 22.3 Å². The van der Waals surface area contributed by atoms with E-state index in [9.17, 15) is 8.42 Å². The number of hydrogen-bond donors (Lipinski definition) is 2. The Bertz CT molecular complexity index is 486. The van der Waals surface area contributed by atoms with Crippen molar-refractivity contribution in [3.05, 3.63) is 35.4 Å². The minimum atomic E-state index is -3.26. The van der Waals surface area contributed by atoms with E-state index >= 15 is 0 Å². The molecule has 0 bridgehead atoms. The average Bonchev–Trinajstić information content (AvgIpc) is 2.40. The van der Waals surface area contributed by atoms with Crippen LogP contribution >= 0.6 is 0 Å². The lowest BCUT2D eigenvalue weighted by atomic mass is 10.1. The molecule has 0 heterocycles. The second kappa shape index (κ2) is 8.36. The zero-order chi connectivity index (χ0) is 15.0. The second-order valence-corrected chi connectivity index (χ2v) is 6.70. The van der Waals surface area contributed by atoms with Crippen LogP contribution in [0.25, 0.3) is 0 Å². The molecule has 0 saturated heterocycles. The van der Waals surface area contributed by atoms with Crippen LogP contribution in [0.2, 0.25) is 0 Å². The molecule has 0 radical (unpaired) electrons. The predicted molar refractivity (Wildman–Crippen MR) is 83.0 cm³/mol. The van der Waals surface area contributed by atoms with Gasteiger partial charge in [0.2, 0.25) is 10.0 Å². The molecular formula is C14H25N3O2S. The first kappa shape index (κ1) is 17.1. The topological polar surface area (TPSA) is 61.4 Å². The van der Waals surface area contributed by atoms with Crippen molar-refractivity contribution < 1.29 is 8.42 Å². The Morgan fingerprint density at radius 1 is 1.15 bits per heavy atom. The van der Waals surface area contributed by atoms with Gasteiger partial charge in [-0.3, -0.25) is 0 Å². The minimum Gasteiger partial charge on any atom is -0.316 e. The summed E-state index contributed by atoms with van der Waals surface area (Å²) in [5.74, 6) is 0.0304. The van der Waals surface area contributed by atoms with Crippen molar-refractivity contribution in [2.45, 2.75) is 19.2 Å². The summed E-state index contributed by atoms with van der Waals surface area (Å²) in [6.07, 6.45) is 0. The van der Waals surface area contributed by atoms with Gasteiger partial charge < -0.3 is 10.2 Å². The van der Waals surface area contributed by atoms with Crippen LogP contribution in [0.1, 0.15) is 18.1 Å². The molecule has 0 aliphatic carbocycles. The molecule has 0 spiro atoms. The lowest BCUT2D eigenvalue weighted by Crippen LogP contribution is -2.33. The normalized spacial score (nSPS) is 12.0. The molecule has 0 aliphatic rings. The molecule has 114 valence electrons. The average molecular weight is 299 g/mol. The van der Waals surface area contributed by atoms with E-state index in [1.165, 1.54) is 0 Å². The van der Waals surface area contributed by atoms with Gasteiger partial charge in [0.1, 0.15) is 0 Å². The molecule has 1 aromatic rings. The van der Waals surface area contributed by atoms with E-state index in [1.54, 1.807) is 0 Å². The van der Waals surface area contributed by atoms with Gasteiger partial charge >= 0.3 is 0 Å². The zero-order valence-corrected chi connectivity index (χ0v) is 13.3. The molecule has 0 amide bonds. The van der Waals surface area contributed by atoms with Crippen LogP contribution in [0.4, 0.5) is 0 Å². The van der Waals surface area contributed by atoms with Crippen molar-refractivity contribution in [3.63, 3.8) is 0 Å². The van der Waals surface area contributed by atoms with Crippen LogP contribution in [0.3, 0.4) is 0 Å². The van der Waals surface area contributed by atoms with Crippen LogP contribution in [0, 0.1) is 0 Å². The van der Waals surface area contributed by atoms with Gasteiger partial charge in [-0.25, -0.2) is 13.1 Å². The molecular weight excluding hydrogens is 274 g/mol. The van der Waals surface area contributed by atoms with Crippen LogP contribution in [0.5, 0.6) is 0 Å². The monoisotopic (exact) mass is 299 g/mol. The third kappa shape index (κ3) is 6.47. The summed E-state index contributed by atoms with van der Waals surface area (Å²) in [6.45, 7) is 4.91. The number of benzene rings is 1. The SMILES string of the molecule is CCN(C)CCNS(=O)(=O)Cc1ccc(CNC)cc1. The molecule has 0 aromatic heterocycles. The van der Waals surface area contributed by atoms with Gasteiger partial charge in [-0.05, 0) is 31.8 Å². The predicted octanol–water partition coefficient (Wildman–Crippen LogP) is 0.777. The fraction of sp³-hybridized carbons (Fsp3) is 0.571. The van der Waals surface area contributed by atoms with Crippen molar-refractivity contribution in [2.75, 3.05) is 33.7 Å². The fourth-order valence-corrected chi connectivity index (χ4v) is 2.91. The lowest BCUT2D eigenvalue weighted by Gasteiger charge is -2.14. The van der Waals surface area contributed by atoms with Crippen LogP contribution < -0.4 is 10.0 Å². The molecule has 2 N–H and O–H groups in total. The summed E-state index contributed by atoms with van der Waals surface area (Å²) in [4.78, 5) is 2.06. The molecule has 1 rings (SSSR count). The maximum atomic E-state index is 11.9. The van der Waals surface area contributed by atoms with E-state index in [0.717, 1.165) is 30.8 Å². The molecule has 0 fully saturated rings. The van der Waals surface area contributed by atoms with E-state index < -0.39 is 10.0 Å². The fourth-order valence-electron chi connectivity index (χ4n) is 1.78. The number of nitrogens with one attached hydrogen (secondary N) is 2. The Hall–Kier alpha value is -0.950. The van der Waals surface area contributed by atoms with Gasteiger partial charge in [0.15, 0.2) is 0 Å². The Balaban J connectivity index is 2.49. The minimum absolute atomic E-state index is 0.0304. The number of hydrogen-bond acceptors (Lipinski definition) is 4. The first-order valence-corrected chi connectivity index (χ1v) is 8.50. The summed E-state index contributed by atoms with van der Waals surface area (Å²) in [6, 6.07) is 7.63. The number of sulfonamides is 1. The van der Waals surface area contributed by atoms with Gasteiger partial charge in [-0.1, -0.05) is 31.2 Å². The maximum Gasteiger partial charge on any atom is 0.215 e. The van der Waals surface area contributed by atoms with Crippen molar-refractivity contribution >= 4 is 10.0 Å². The molecule has 0 unspecified atom stereocenters. The summed E-state index contributed by atoms with van der Waals surface area (Å²) < 4.78 is 26.5. The van der Waals surface area contributed by atoms with Gasteiger partial charge in [0, 0.05) is 19.6 Å². The highest BCUT2D eigenvalue weighted by atomic mass is 32.2. The Morgan fingerprint density at radius 3 is 2.30 bits per heavy atom. The summed E-state index contributed by atoms with van der Waals surface area (Å²) in [5.41, 5.74) is 1.95. The van der Waals surface area contributed by atoms with Gasteiger partial charge in [-0.15, -0.1) is 0 Å². The molecule has 6 heteroatoms. The van der Waals surface area contributed by atoms with Crippen molar-refractivity contribution in [1.82, 2.24) is 14.9 Å². The molecule has 0 saturated carbocycles. The van der Waals surface area contributed by atoms with E-state index in [-0.39, 0.29) is 5.75 Å².